The molecule has 96 valence electrons. The van der Waals surface area contributed by atoms with Gasteiger partial charge in [-0.2, -0.15) is 5.10 Å². The van der Waals surface area contributed by atoms with Crippen LogP contribution in [0.4, 0.5) is 0 Å². The zero-order chi connectivity index (χ0) is 12.4. The van der Waals surface area contributed by atoms with E-state index in [1.165, 1.54) is 19.3 Å². The number of aromatic nitrogens is 2. The molecule has 1 heterocycles. The number of nitrogens with zero attached hydrogens (tertiary/aromatic N) is 2. The lowest BCUT2D eigenvalue weighted by atomic mass is 9.80. The molecule has 17 heavy (non-hydrogen) atoms. The van der Waals surface area contributed by atoms with Crippen molar-refractivity contribution in [3.63, 3.8) is 0 Å². The normalized spacial score (nSPS) is 18.1. The second kappa shape index (κ2) is 5.38. The van der Waals surface area contributed by atoms with Crippen LogP contribution in [0.1, 0.15) is 37.1 Å². The van der Waals surface area contributed by atoms with Gasteiger partial charge in [0.25, 0.3) is 0 Å². The third-order valence-electron chi connectivity index (χ3n) is 3.78. The Bertz CT molecular complexity index is 384. The van der Waals surface area contributed by atoms with Crippen molar-refractivity contribution >= 4 is 11.6 Å². The summed E-state index contributed by atoms with van der Waals surface area (Å²) in [5.41, 5.74) is 4.88. The zero-order valence-electron chi connectivity index (χ0n) is 10.5. The smallest absolute Gasteiger partial charge is 0.0847 e. The van der Waals surface area contributed by atoms with Gasteiger partial charge in [-0.15, -0.1) is 0 Å². The summed E-state index contributed by atoms with van der Waals surface area (Å²) in [6.07, 6.45) is 6.04. The predicted molar refractivity (Wildman–Crippen MR) is 69.7 cm³/mol. The number of halogens is 1. The molecular weight excluding hydrogens is 236 g/mol. The summed E-state index contributed by atoms with van der Waals surface area (Å²) < 4.78 is 1.86. The molecule has 1 unspecified atom stereocenters. The lowest BCUT2D eigenvalue weighted by Gasteiger charge is -2.29. The van der Waals surface area contributed by atoms with Crippen LogP contribution < -0.4 is 11.3 Å². The van der Waals surface area contributed by atoms with Gasteiger partial charge in [-0.05, 0) is 19.3 Å². The van der Waals surface area contributed by atoms with Crippen molar-refractivity contribution < 1.29 is 0 Å². The Hall–Kier alpha value is -0.580. The maximum Gasteiger partial charge on any atom is 0.0847 e. The number of aryl methyl sites for hydroxylation is 2. The van der Waals surface area contributed by atoms with Gasteiger partial charge in [0, 0.05) is 19.5 Å². The molecule has 0 saturated heterocycles. The molecule has 1 saturated carbocycles. The molecular formula is C12H21ClN4. The number of hydrazine groups is 1. The van der Waals surface area contributed by atoms with Crippen molar-refractivity contribution in [2.45, 2.75) is 45.1 Å². The molecule has 1 fully saturated rings. The maximum absolute atomic E-state index is 6.25. The van der Waals surface area contributed by atoms with Crippen LogP contribution in [0, 0.1) is 12.8 Å². The summed E-state index contributed by atoms with van der Waals surface area (Å²) in [7, 11) is 1.94. The molecule has 0 amide bonds. The molecule has 2 rings (SSSR count). The Labute approximate surface area is 107 Å². The highest BCUT2D eigenvalue weighted by Gasteiger charge is 2.23. The fourth-order valence-electron chi connectivity index (χ4n) is 2.48. The van der Waals surface area contributed by atoms with Gasteiger partial charge < -0.3 is 0 Å². The van der Waals surface area contributed by atoms with E-state index >= 15 is 0 Å². The van der Waals surface area contributed by atoms with E-state index in [0.29, 0.717) is 6.04 Å². The van der Waals surface area contributed by atoms with Crippen LogP contribution in [0.3, 0.4) is 0 Å². The van der Waals surface area contributed by atoms with Crippen LogP contribution in [0.25, 0.3) is 0 Å². The topological polar surface area (TPSA) is 55.9 Å². The Morgan fingerprint density at radius 2 is 2.29 bits per heavy atom. The van der Waals surface area contributed by atoms with Gasteiger partial charge in [0.15, 0.2) is 0 Å². The molecule has 0 radical (unpaired) electrons. The van der Waals surface area contributed by atoms with E-state index in [2.05, 4.69) is 10.5 Å². The highest BCUT2D eigenvalue weighted by atomic mass is 35.5. The van der Waals surface area contributed by atoms with Gasteiger partial charge in [-0.3, -0.25) is 16.0 Å². The molecule has 0 spiro atoms. The van der Waals surface area contributed by atoms with Crippen molar-refractivity contribution in [3.05, 3.63) is 16.4 Å². The maximum atomic E-state index is 6.25. The van der Waals surface area contributed by atoms with E-state index < -0.39 is 0 Å². The predicted octanol–water partition coefficient (Wildman–Crippen LogP) is 1.95. The first-order chi connectivity index (χ1) is 8.11. The molecule has 1 aliphatic carbocycles. The quantitative estimate of drug-likeness (QED) is 0.625. The summed E-state index contributed by atoms with van der Waals surface area (Å²) in [4.78, 5) is 0. The third kappa shape index (κ3) is 2.81. The standard InChI is InChI=1S/C12H21ClN4/c1-8-12(13)11(17(2)16-8)7-10(15-14)6-9-4-3-5-9/h9-10,15H,3-7,14H2,1-2H3. The molecule has 0 bridgehead atoms. The van der Waals surface area contributed by atoms with E-state index in [1.807, 2.05) is 18.7 Å². The Morgan fingerprint density at radius 3 is 2.71 bits per heavy atom. The van der Waals surface area contributed by atoms with Crippen molar-refractivity contribution in [2.24, 2.45) is 18.8 Å². The van der Waals surface area contributed by atoms with E-state index in [1.54, 1.807) is 0 Å². The molecule has 5 heteroatoms. The number of rotatable bonds is 5. The van der Waals surface area contributed by atoms with Crippen LogP contribution in [-0.2, 0) is 13.5 Å². The Balaban J connectivity index is 2.01. The van der Waals surface area contributed by atoms with Gasteiger partial charge in [-0.1, -0.05) is 30.9 Å². The van der Waals surface area contributed by atoms with Crippen molar-refractivity contribution in [1.82, 2.24) is 15.2 Å². The van der Waals surface area contributed by atoms with Crippen LogP contribution in [-0.4, -0.2) is 15.8 Å². The third-order valence-corrected chi connectivity index (χ3v) is 4.27. The Kier molecular flexibility index (Phi) is 4.07. The van der Waals surface area contributed by atoms with E-state index in [-0.39, 0.29) is 0 Å². The largest absolute Gasteiger partial charge is 0.271 e. The van der Waals surface area contributed by atoms with Crippen LogP contribution in [0.2, 0.25) is 5.02 Å². The van der Waals surface area contributed by atoms with Gasteiger partial charge in [0.05, 0.1) is 16.4 Å². The van der Waals surface area contributed by atoms with Gasteiger partial charge >= 0.3 is 0 Å². The Morgan fingerprint density at radius 1 is 1.59 bits per heavy atom. The average Bonchev–Trinajstić information content (AvgIpc) is 2.47. The summed E-state index contributed by atoms with van der Waals surface area (Å²) in [5, 5.41) is 5.11. The molecule has 1 aromatic heterocycles. The lowest BCUT2D eigenvalue weighted by molar-refractivity contribution is 0.258. The van der Waals surface area contributed by atoms with Gasteiger partial charge in [0.1, 0.15) is 0 Å². The second-order valence-electron chi connectivity index (χ2n) is 5.07. The number of hydrogen-bond donors (Lipinski definition) is 2. The fraction of sp³-hybridized carbons (Fsp3) is 0.750. The SMILES string of the molecule is Cc1nn(C)c(CC(CC2CCC2)NN)c1Cl. The van der Waals surface area contributed by atoms with Crippen molar-refractivity contribution in [2.75, 3.05) is 0 Å². The first-order valence-electron chi connectivity index (χ1n) is 6.26. The van der Waals surface area contributed by atoms with Gasteiger partial charge in [-0.25, -0.2) is 0 Å². The van der Waals surface area contributed by atoms with E-state index in [9.17, 15) is 0 Å². The van der Waals surface area contributed by atoms with Crippen LogP contribution in [0.5, 0.6) is 0 Å². The zero-order valence-corrected chi connectivity index (χ0v) is 11.3. The van der Waals surface area contributed by atoms with Crippen LogP contribution >= 0.6 is 11.6 Å². The fourth-order valence-corrected chi connectivity index (χ4v) is 2.71. The number of nitrogens with two attached hydrogens (primary N) is 1. The number of nitrogens with one attached hydrogen (secondary N) is 1. The monoisotopic (exact) mass is 256 g/mol. The summed E-state index contributed by atoms with van der Waals surface area (Å²) in [5.74, 6) is 6.47. The first kappa shape index (κ1) is 12.9. The minimum atomic E-state index is 0.299. The van der Waals surface area contributed by atoms with Crippen molar-refractivity contribution in [1.29, 1.82) is 0 Å². The highest BCUT2D eigenvalue weighted by Crippen LogP contribution is 2.31. The summed E-state index contributed by atoms with van der Waals surface area (Å²) in [6, 6.07) is 0.299. The molecule has 4 nitrogen and oxygen atoms in total. The molecule has 3 N–H and O–H groups in total. The highest BCUT2D eigenvalue weighted by molar-refractivity contribution is 6.31. The molecule has 1 atom stereocenters. The average molecular weight is 257 g/mol. The molecule has 1 aromatic rings. The lowest BCUT2D eigenvalue weighted by Crippen LogP contribution is -2.39. The molecule has 0 aromatic carbocycles. The van der Waals surface area contributed by atoms with E-state index in [0.717, 1.165) is 35.2 Å². The van der Waals surface area contributed by atoms with Crippen molar-refractivity contribution in [3.8, 4) is 0 Å². The minimum absolute atomic E-state index is 0.299. The van der Waals surface area contributed by atoms with E-state index in [4.69, 9.17) is 17.4 Å². The van der Waals surface area contributed by atoms with Gasteiger partial charge in [0.2, 0.25) is 0 Å². The molecule has 1 aliphatic rings. The summed E-state index contributed by atoms with van der Waals surface area (Å²) >= 11 is 6.25. The van der Waals surface area contributed by atoms with Crippen LogP contribution in [0.15, 0.2) is 0 Å². The summed E-state index contributed by atoms with van der Waals surface area (Å²) in [6.45, 7) is 1.93. The second-order valence-corrected chi connectivity index (χ2v) is 5.45. The minimum Gasteiger partial charge on any atom is -0.271 e. The molecule has 0 aliphatic heterocycles. The number of hydrogen-bond acceptors (Lipinski definition) is 3. The first-order valence-corrected chi connectivity index (χ1v) is 6.63.